The van der Waals surface area contributed by atoms with Crippen molar-refractivity contribution in [1.29, 1.82) is 5.26 Å². The van der Waals surface area contributed by atoms with Crippen molar-refractivity contribution in [2.24, 2.45) is 0 Å². The standard InChI is InChI=1S/C50H29N5/c1-52-33-25-28-47-41(29-33)38-17-5-10-22-45(38)54(47)46-23-11-6-18-40(46)50-32(31-51)13-12-24-48(50)55-44-21-9-4-16-37(44)39-27-26-34(30-49(39)55)53-42-19-7-2-14-35(42)36-15-3-8-20-43(36)53/h2-30H. The monoisotopic (exact) mass is 699 g/mol. The second kappa shape index (κ2) is 11.8. The Morgan fingerprint density at radius 3 is 1.56 bits per heavy atom. The summed E-state index contributed by atoms with van der Waals surface area (Å²) in [5.74, 6) is 0. The third-order valence-electron chi connectivity index (χ3n) is 11.1. The second-order valence-electron chi connectivity index (χ2n) is 13.9. The molecule has 3 aromatic heterocycles. The zero-order chi connectivity index (χ0) is 36.6. The summed E-state index contributed by atoms with van der Waals surface area (Å²) in [6.45, 7) is 7.70. The molecule has 11 rings (SSSR count). The van der Waals surface area contributed by atoms with Gasteiger partial charge in [0.25, 0.3) is 0 Å². The molecule has 8 aromatic carbocycles. The number of fused-ring (bicyclic) bond motifs is 9. The molecule has 0 radical (unpaired) electrons. The van der Waals surface area contributed by atoms with E-state index in [4.69, 9.17) is 6.57 Å². The van der Waals surface area contributed by atoms with Crippen molar-refractivity contribution in [2.75, 3.05) is 0 Å². The van der Waals surface area contributed by atoms with Crippen molar-refractivity contribution < 1.29 is 0 Å². The van der Waals surface area contributed by atoms with Gasteiger partial charge in [-0.25, -0.2) is 4.85 Å². The van der Waals surface area contributed by atoms with E-state index in [1.165, 1.54) is 10.8 Å². The second-order valence-corrected chi connectivity index (χ2v) is 13.9. The minimum atomic E-state index is 0.588. The number of aromatic nitrogens is 3. The fraction of sp³-hybridized carbons (Fsp3) is 0. The minimum absolute atomic E-state index is 0.588. The normalized spacial score (nSPS) is 11.6. The van der Waals surface area contributed by atoms with Crippen molar-refractivity contribution >= 4 is 71.1 Å². The fourth-order valence-corrected chi connectivity index (χ4v) is 8.83. The van der Waals surface area contributed by atoms with E-state index >= 15 is 0 Å². The lowest BCUT2D eigenvalue weighted by atomic mass is 9.96. The first kappa shape index (κ1) is 30.7. The summed E-state index contributed by atoms with van der Waals surface area (Å²) in [5.41, 5.74) is 12.4. The lowest BCUT2D eigenvalue weighted by Gasteiger charge is -2.19. The van der Waals surface area contributed by atoms with Crippen LogP contribution in [0, 0.1) is 17.9 Å². The lowest BCUT2D eigenvalue weighted by Crippen LogP contribution is -2.03. The van der Waals surface area contributed by atoms with E-state index in [1.807, 2.05) is 42.5 Å². The Hall–Kier alpha value is -7.86. The van der Waals surface area contributed by atoms with Crippen LogP contribution in [0.5, 0.6) is 0 Å². The third-order valence-corrected chi connectivity index (χ3v) is 11.1. The zero-order valence-corrected chi connectivity index (χ0v) is 29.5. The molecule has 11 aromatic rings. The molecule has 0 aliphatic carbocycles. The van der Waals surface area contributed by atoms with Gasteiger partial charge in [0.1, 0.15) is 0 Å². The summed E-state index contributed by atoms with van der Waals surface area (Å²) in [6, 6.07) is 63.7. The van der Waals surface area contributed by atoms with Gasteiger partial charge in [-0.05, 0) is 72.1 Å². The summed E-state index contributed by atoms with van der Waals surface area (Å²) in [6.07, 6.45) is 0. The Morgan fingerprint density at radius 1 is 0.418 bits per heavy atom. The molecule has 3 heterocycles. The highest BCUT2D eigenvalue weighted by Gasteiger charge is 2.23. The molecule has 0 aliphatic heterocycles. The van der Waals surface area contributed by atoms with Crippen molar-refractivity contribution in [3.8, 4) is 34.3 Å². The van der Waals surface area contributed by atoms with Gasteiger partial charge in [-0.15, -0.1) is 0 Å². The van der Waals surface area contributed by atoms with Crippen LogP contribution < -0.4 is 0 Å². The zero-order valence-electron chi connectivity index (χ0n) is 29.5. The molecule has 55 heavy (non-hydrogen) atoms. The van der Waals surface area contributed by atoms with Crippen LogP contribution in [0.25, 0.3) is 98.5 Å². The molecule has 0 atom stereocenters. The Labute approximate surface area is 316 Å². The molecule has 0 spiro atoms. The first-order chi connectivity index (χ1) is 27.2. The predicted molar refractivity (Wildman–Crippen MR) is 226 cm³/mol. The number of benzene rings is 8. The molecule has 0 unspecified atom stereocenters. The van der Waals surface area contributed by atoms with E-state index in [1.54, 1.807) is 0 Å². The van der Waals surface area contributed by atoms with Gasteiger partial charge >= 0.3 is 0 Å². The Kier molecular flexibility index (Phi) is 6.61. The minimum Gasteiger partial charge on any atom is -0.309 e. The van der Waals surface area contributed by atoms with Gasteiger partial charge in [0.05, 0.1) is 62.7 Å². The van der Waals surface area contributed by atoms with E-state index < -0.39 is 0 Å². The molecule has 0 amide bonds. The molecular formula is C50H29N5. The van der Waals surface area contributed by atoms with Gasteiger partial charge in [0.2, 0.25) is 0 Å². The summed E-state index contributed by atoms with van der Waals surface area (Å²) >= 11 is 0. The lowest BCUT2D eigenvalue weighted by molar-refractivity contribution is 1.15. The van der Waals surface area contributed by atoms with E-state index in [9.17, 15) is 5.26 Å². The van der Waals surface area contributed by atoms with Crippen molar-refractivity contribution in [1.82, 2.24) is 13.7 Å². The van der Waals surface area contributed by atoms with E-state index in [-0.39, 0.29) is 0 Å². The molecule has 254 valence electrons. The Balaban J connectivity index is 1.23. The maximum absolute atomic E-state index is 10.8. The van der Waals surface area contributed by atoms with Crippen LogP contribution in [-0.4, -0.2) is 13.7 Å². The predicted octanol–water partition coefficient (Wildman–Crippen LogP) is 13.1. The maximum Gasteiger partial charge on any atom is 0.188 e. The molecular weight excluding hydrogens is 671 g/mol. The number of rotatable bonds is 4. The molecule has 0 bridgehead atoms. The van der Waals surface area contributed by atoms with Gasteiger partial charge in [-0.2, -0.15) is 5.26 Å². The van der Waals surface area contributed by atoms with Crippen LogP contribution in [0.1, 0.15) is 5.56 Å². The van der Waals surface area contributed by atoms with Crippen LogP contribution in [0.15, 0.2) is 176 Å². The molecule has 5 heteroatoms. The topological polar surface area (TPSA) is 42.9 Å². The van der Waals surface area contributed by atoms with Crippen LogP contribution in [-0.2, 0) is 0 Å². The Bertz CT molecular complexity index is 3420. The largest absolute Gasteiger partial charge is 0.309 e. The maximum atomic E-state index is 10.8. The fourth-order valence-electron chi connectivity index (χ4n) is 8.83. The van der Waals surface area contributed by atoms with Crippen LogP contribution >= 0.6 is 0 Å². The molecule has 5 nitrogen and oxygen atoms in total. The van der Waals surface area contributed by atoms with Crippen molar-refractivity contribution in [2.45, 2.75) is 0 Å². The van der Waals surface area contributed by atoms with Crippen LogP contribution in [0.4, 0.5) is 5.69 Å². The number of para-hydroxylation sites is 5. The Morgan fingerprint density at radius 2 is 0.927 bits per heavy atom. The van der Waals surface area contributed by atoms with Crippen LogP contribution in [0.3, 0.4) is 0 Å². The number of nitriles is 1. The molecule has 0 fully saturated rings. The summed E-state index contributed by atoms with van der Waals surface area (Å²) in [7, 11) is 0. The van der Waals surface area contributed by atoms with Gasteiger partial charge in [-0.3, -0.25) is 0 Å². The highest BCUT2D eigenvalue weighted by atomic mass is 15.0. The summed E-state index contributed by atoms with van der Waals surface area (Å²) in [4.78, 5) is 3.74. The van der Waals surface area contributed by atoms with Crippen molar-refractivity contribution in [3.63, 3.8) is 0 Å². The average Bonchev–Trinajstić information content (AvgIpc) is 3.88. The van der Waals surface area contributed by atoms with Gasteiger partial charge in [0.15, 0.2) is 5.69 Å². The molecule has 0 aliphatic rings. The quantitative estimate of drug-likeness (QED) is 0.169. The molecule has 0 saturated heterocycles. The summed E-state index contributed by atoms with van der Waals surface area (Å²) < 4.78 is 6.97. The van der Waals surface area contributed by atoms with Crippen LogP contribution in [0.2, 0.25) is 0 Å². The number of hydrogen-bond donors (Lipinski definition) is 0. The highest BCUT2D eigenvalue weighted by molar-refractivity contribution is 6.13. The van der Waals surface area contributed by atoms with E-state index in [2.05, 4.69) is 158 Å². The SMILES string of the molecule is [C-]#[N+]c1ccc2c(c1)c1ccccc1n2-c1ccccc1-c1c(C#N)cccc1-n1c2ccccc2c2ccc(-n3c4ccccc4c4ccccc43)cc21. The van der Waals surface area contributed by atoms with E-state index in [0.717, 1.165) is 82.8 Å². The van der Waals surface area contributed by atoms with E-state index in [0.29, 0.717) is 11.3 Å². The molecule has 0 N–H and O–H groups in total. The average molecular weight is 700 g/mol. The smallest absolute Gasteiger partial charge is 0.188 e. The number of hydrogen-bond acceptors (Lipinski definition) is 1. The first-order valence-electron chi connectivity index (χ1n) is 18.3. The summed E-state index contributed by atoms with van der Waals surface area (Å²) in [5, 5.41) is 17.6. The highest BCUT2D eigenvalue weighted by Crippen LogP contribution is 2.43. The molecule has 0 saturated carbocycles. The van der Waals surface area contributed by atoms with Crippen molar-refractivity contribution in [3.05, 3.63) is 193 Å². The van der Waals surface area contributed by atoms with Gasteiger partial charge < -0.3 is 13.7 Å². The first-order valence-corrected chi connectivity index (χ1v) is 18.3. The number of nitrogens with zero attached hydrogens (tertiary/aromatic N) is 5. The third kappa shape index (κ3) is 4.39. The van der Waals surface area contributed by atoms with Gasteiger partial charge in [-0.1, -0.05) is 109 Å². The van der Waals surface area contributed by atoms with Gasteiger partial charge in [0, 0.05) is 43.7 Å².